The number of aromatic hydroxyl groups is 1. The second kappa shape index (κ2) is 5.14. The van der Waals surface area contributed by atoms with Crippen molar-refractivity contribution in [1.29, 1.82) is 5.26 Å². The quantitative estimate of drug-likeness (QED) is 0.864. The highest BCUT2D eigenvalue weighted by atomic mass is 16.3. The van der Waals surface area contributed by atoms with Crippen LogP contribution in [0, 0.1) is 18.3 Å². The maximum atomic E-state index is 10.2. The Labute approximate surface area is 124 Å². The number of nitriles is 1. The Balaban J connectivity index is 1.97. The number of hydrogen-bond acceptors (Lipinski definition) is 3. The molecule has 3 nitrogen and oxygen atoms in total. The molecule has 0 saturated carbocycles. The monoisotopic (exact) mass is 278 g/mol. The number of phenols is 1. The van der Waals surface area contributed by atoms with E-state index in [4.69, 9.17) is 5.26 Å². The maximum absolute atomic E-state index is 10.2. The van der Waals surface area contributed by atoms with E-state index < -0.39 is 0 Å². The van der Waals surface area contributed by atoms with E-state index in [-0.39, 0.29) is 6.04 Å². The van der Waals surface area contributed by atoms with Crippen LogP contribution in [0.3, 0.4) is 0 Å². The van der Waals surface area contributed by atoms with Gasteiger partial charge in [0.15, 0.2) is 0 Å². The summed E-state index contributed by atoms with van der Waals surface area (Å²) in [6.45, 7) is 4.28. The SMILES string of the molecule is Cc1ccc(O)c2c1C(C)CC2Nc1cccc(C#N)c1. The first-order chi connectivity index (χ1) is 10.1. The molecule has 1 aliphatic carbocycles. The number of rotatable bonds is 2. The van der Waals surface area contributed by atoms with E-state index in [2.05, 4.69) is 25.2 Å². The molecule has 0 bridgehead atoms. The standard InChI is InChI=1S/C18H18N2O/c1-11-6-7-16(21)18-15(8-12(2)17(11)18)20-14-5-3-4-13(9-14)10-19/h3-7,9,12,15,20-21H,8H2,1-2H3. The predicted octanol–water partition coefficient (Wildman–Crippen LogP) is 4.23. The lowest BCUT2D eigenvalue weighted by molar-refractivity contribution is 0.465. The van der Waals surface area contributed by atoms with Crippen molar-refractivity contribution in [3.05, 3.63) is 58.7 Å². The fourth-order valence-electron chi connectivity index (χ4n) is 3.35. The van der Waals surface area contributed by atoms with Crippen LogP contribution in [0.2, 0.25) is 0 Å². The van der Waals surface area contributed by atoms with Gasteiger partial charge in [-0.15, -0.1) is 0 Å². The van der Waals surface area contributed by atoms with Crippen LogP contribution < -0.4 is 5.32 Å². The van der Waals surface area contributed by atoms with Crippen LogP contribution in [0.4, 0.5) is 5.69 Å². The molecule has 106 valence electrons. The van der Waals surface area contributed by atoms with Crippen molar-refractivity contribution in [2.75, 3.05) is 5.32 Å². The van der Waals surface area contributed by atoms with Gasteiger partial charge in [0, 0.05) is 11.3 Å². The molecule has 2 aromatic rings. The highest BCUT2D eigenvalue weighted by Crippen LogP contribution is 2.47. The number of hydrogen-bond donors (Lipinski definition) is 2. The molecule has 21 heavy (non-hydrogen) atoms. The van der Waals surface area contributed by atoms with Gasteiger partial charge in [-0.2, -0.15) is 5.26 Å². The Morgan fingerprint density at radius 3 is 2.81 bits per heavy atom. The lowest BCUT2D eigenvalue weighted by Crippen LogP contribution is -2.07. The van der Waals surface area contributed by atoms with Gasteiger partial charge in [-0.1, -0.05) is 19.1 Å². The van der Waals surface area contributed by atoms with E-state index in [0.717, 1.165) is 17.7 Å². The van der Waals surface area contributed by atoms with Gasteiger partial charge in [0.1, 0.15) is 5.75 Å². The van der Waals surface area contributed by atoms with E-state index in [1.165, 1.54) is 11.1 Å². The fourth-order valence-corrected chi connectivity index (χ4v) is 3.35. The van der Waals surface area contributed by atoms with Gasteiger partial charge in [-0.05, 0) is 54.7 Å². The Morgan fingerprint density at radius 1 is 1.24 bits per heavy atom. The lowest BCUT2D eigenvalue weighted by atomic mass is 9.97. The largest absolute Gasteiger partial charge is 0.508 e. The second-order valence-corrected chi connectivity index (χ2v) is 5.76. The van der Waals surface area contributed by atoms with Crippen molar-refractivity contribution in [3.63, 3.8) is 0 Å². The topological polar surface area (TPSA) is 56.0 Å². The number of aryl methyl sites for hydroxylation is 1. The second-order valence-electron chi connectivity index (χ2n) is 5.76. The molecule has 0 heterocycles. The summed E-state index contributed by atoms with van der Waals surface area (Å²) < 4.78 is 0. The van der Waals surface area contributed by atoms with E-state index in [1.54, 1.807) is 12.1 Å². The van der Waals surface area contributed by atoms with Gasteiger partial charge in [0.05, 0.1) is 17.7 Å². The predicted molar refractivity (Wildman–Crippen MR) is 83.4 cm³/mol. The van der Waals surface area contributed by atoms with Crippen molar-refractivity contribution in [3.8, 4) is 11.8 Å². The molecule has 0 radical (unpaired) electrons. The average Bonchev–Trinajstić information content (AvgIpc) is 2.81. The third-order valence-corrected chi connectivity index (χ3v) is 4.25. The Bertz CT molecular complexity index is 730. The van der Waals surface area contributed by atoms with Crippen LogP contribution in [0.25, 0.3) is 0 Å². The summed E-state index contributed by atoms with van der Waals surface area (Å²) in [4.78, 5) is 0. The number of anilines is 1. The first-order valence-electron chi connectivity index (χ1n) is 7.19. The van der Waals surface area contributed by atoms with Gasteiger partial charge in [-0.25, -0.2) is 0 Å². The smallest absolute Gasteiger partial charge is 0.121 e. The van der Waals surface area contributed by atoms with Crippen molar-refractivity contribution >= 4 is 5.69 Å². The van der Waals surface area contributed by atoms with E-state index in [9.17, 15) is 5.11 Å². The molecule has 2 N–H and O–H groups in total. The number of benzene rings is 2. The molecule has 2 unspecified atom stereocenters. The Morgan fingerprint density at radius 2 is 2.05 bits per heavy atom. The van der Waals surface area contributed by atoms with Crippen LogP contribution in [0.1, 0.15) is 47.6 Å². The highest BCUT2D eigenvalue weighted by molar-refractivity contribution is 5.57. The molecule has 2 atom stereocenters. The molecule has 0 fully saturated rings. The van der Waals surface area contributed by atoms with Gasteiger partial charge in [0.25, 0.3) is 0 Å². The molecule has 0 spiro atoms. The van der Waals surface area contributed by atoms with Crippen molar-refractivity contribution < 1.29 is 5.11 Å². The zero-order valence-corrected chi connectivity index (χ0v) is 12.2. The first kappa shape index (κ1) is 13.5. The molecule has 2 aromatic carbocycles. The number of nitrogens with zero attached hydrogens (tertiary/aromatic N) is 1. The first-order valence-corrected chi connectivity index (χ1v) is 7.19. The maximum Gasteiger partial charge on any atom is 0.121 e. The van der Waals surface area contributed by atoms with Crippen LogP contribution in [0.15, 0.2) is 36.4 Å². The summed E-state index contributed by atoms with van der Waals surface area (Å²) in [6, 6.07) is 13.4. The number of fused-ring (bicyclic) bond motifs is 1. The van der Waals surface area contributed by atoms with Crippen molar-refractivity contribution in [2.24, 2.45) is 0 Å². The third-order valence-electron chi connectivity index (χ3n) is 4.25. The van der Waals surface area contributed by atoms with Gasteiger partial charge in [0.2, 0.25) is 0 Å². The Kier molecular flexibility index (Phi) is 3.31. The van der Waals surface area contributed by atoms with Crippen LogP contribution >= 0.6 is 0 Å². The van der Waals surface area contributed by atoms with Crippen LogP contribution in [0.5, 0.6) is 5.75 Å². The van der Waals surface area contributed by atoms with E-state index in [0.29, 0.717) is 17.2 Å². The summed E-state index contributed by atoms with van der Waals surface area (Å²) >= 11 is 0. The minimum Gasteiger partial charge on any atom is -0.508 e. The summed E-state index contributed by atoms with van der Waals surface area (Å²) in [7, 11) is 0. The molecule has 0 aromatic heterocycles. The van der Waals surface area contributed by atoms with Crippen molar-refractivity contribution in [1.82, 2.24) is 0 Å². The zero-order valence-electron chi connectivity index (χ0n) is 12.2. The van der Waals surface area contributed by atoms with E-state index in [1.807, 2.05) is 24.3 Å². The summed E-state index contributed by atoms with van der Waals surface area (Å²) in [5, 5.41) is 22.7. The molecule has 3 rings (SSSR count). The molecule has 0 saturated heterocycles. The van der Waals surface area contributed by atoms with Gasteiger partial charge < -0.3 is 10.4 Å². The van der Waals surface area contributed by atoms with Gasteiger partial charge >= 0.3 is 0 Å². The highest BCUT2D eigenvalue weighted by Gasteiger charge is 2.32. The van der Waals surface area contributed by atoms with Crippen molar-refractivity contribution in [2.45, 2.75) is 32.2 Å². The molecular formula is C18H18N2O. The minimum atomic E-state index is 0.0869. The Hall–Kier alpha value is -2.47. The summed E-state index contributed by atoms with van der Waals surface area (Å²) in [5.74, 6) is 0.776. The normalized spacial score (nSPS) is 19.9. The number of nitrogens with one attached hydrogen (secondary N) is 1. The third kappa shape index (κ3) is 2.34. The van der Waals surface area contributed by atoms with Crippen LogP contribution in [-0.2, 0) is 0 Å². The molecular weight excluding hydrogens is 260 g/mol. The number of phenolic OH excluding ortho intramolecular Hbond substituents is 1. The zero-order chi connectivity index (χ0) is 15.0. The van der Waals surface area contributed by atoms with Crippen LogP contribution in [-0.4, -0.2) is 5.11 Å². The van der Waals surface area contributed by atoms with Gasteiger partial charge in [-0.3, -0.25) is 0 Å². The molecule has 1 aliphatic rings. The fraction of sp³-hybridized carbons (Fsp3) is 0.278. The lowest BCUT2D eigenvalue weighted by Gasteiger charge is -2.17. The summed E-state index contributed by atoms with van der Waals surface area (Å²) in [5.41, 5.74) is 5.04. The molecule has 0 amide bonds. The average molecular weight is 278 g/mol. The molecule has 0 aliphatic heterocycles. The molecule has 3 heteroatoms. The van der Waals surface area contributed by atoms with E-state index >= 15 is 0 Å². The summed E-state index contributed by atoms with van der Waals surface area (Å²) in [6.07, 6.45) is 0.949. The minimum absolute atomic E-state index is 0.0869.